The number of rotatable bonds is 8. The maximum absolute atomic E-state index is 12.7. The second-order valence-electron chi connectivity index (χ2n) is 7.98. The van der Waals surface area contributed by atoms with Gasteiger partial charge in [-0.15, -0.1) is 0 Å². The van der Waals surface area contributed by atoms with E-state index in [2.05, 4.69) is 5.32 Å². The van der Waals surface area contributed by atoms with Crippen molar-refractivity contribution in [2.75, 3.05) is 25.6 Å². The Bertz CT molecular complexity index is 1000. The van der Waals surface area contributed by atoms with Gasteiger partial charge in [0.05, 0.1) is 5.75 Å². The summed E-state index contributed by atoms with van der Waals surface area (Å²) in [5.74, 6) is 1.36. The molecule has 1 saturated heterocycles. The largest absolute Gasteiger partial charge is 0.454 e. The molecule has 1 N–H and O–H groups in total. The normalized spacial score (nSPS) is 16.9. The lowest BCUT2D eigenvalue weighted by molar-refractivity contribution is -0.126. The van der Waals surface area contributed by atoms with E-state index in [9.17, 15) is 13.2 Å². The number of aryl methyl sites for hydroxylation is 1. The Morgan fingerprint density at radius 1 is 1.00 bits per heavy atom. The lowest BCUT2D eigenvalue weighted by atomic mass is 9.97. The molecule has 7 nitrogen and oxygen atoms in total. The zero-order valence-electron chi connectivity index (χ0n) is 17.5. The minimum atomic E-state index is -3.29. The summed E-state index contributed by atoms with van der Waals surface area (Å²) in [6.45, 7) is 1.43. The van der Waals surface area contributed by atoms with Crippen molar-refractivity contribution in [3.8, 4) is 11.5 Å². The number of carbonyl (C=O) groups is 1. The van der Waals surface area contributed by atoms with Crippen LogP contribution in [0.25, 0.3) is 0 Å². The van der Waals surface area contributed by atoms with Crippen LogP contribution in [0.15, 0.2) is 48.5 Å². The zero-order valence-corrected chi connectivity index (χ0v) is 18.3. The van der Waals surface area contributed by atoms with Gasteiger partial charge in [-0.2, -0.15) is 0 Å². The van der Waals surface area contributed by atoms with Gasteiger partial charge in [0.25, 0.3) is 0 Å². The van der Waals surface area contributed by atoms with Crippen LogP contribution in [0.5, 0.6) is 11.5 Å². The first-order valence-corrected chi connectivity index (χ1v) is 12.3. The Morgan fingerprint density at radius 3 is 2.52 bits per heavy atom. The molecule has 0 spiro atoms. The van der Waals surface area contributed by atoms with Crippen LogP contribution < -0.4 is 14.8 Å². The lowest BCUT2D eigenvalue weighted by Gasteiger charge is -2.30. The van der Waals surface area contributed by atoms with Crippen LogP contribution in [0, 0.1) is 5.92 Å². The standard InChI is InChI=1S/C23H28N2O5S/c26-23(24-16-19-8-9-21-22(15-19)30-17-29-21)20-10-12-25(13-11-20)31(27,28)14-4-7-18-5-2-1-3-6-18/h1-3,5-6,8-9,15,20H,4,7,10-14,16-17H2,(H,24,26). The van der Waals surface area contributed by atoms with Gasteiger partial charge in [-0.25, -0.2) is 12.7 Å². The number of sulfonamides is 1. The van der Waals surface area contributed by atoms with Gasteiger partial charge in [-0.05, 0) is 48.9 Å². The Morgan fingerprint density at radius 2 is 1.74 bits per heavy atom. The topological polar surface area (TPSA) is 84.9 Å². The van der Waals surface area contributed by atoms with Crippen molar-refractivity contribution < 1.29 is 22.7 Å². The van der Waals surface area contributed by atoms with Crippen LogP contribution in [-0.2, 0) is 27.8 Å². The van der Waals surface area contributed by atoms with Gasteiger partial charge in [0.2, 0.25) is 22.7 Å². The van der Waals surface area contributed by atoms with Crippen LogP contribution in [0.4, 0.5) is 0 Å². The van der Waals surface area contributed by atoms with Crippen molar-refractivity contribution in [2.45, 2.75) is 32.2 Å². The third kappa shape index (κ3) is 5.57. The minimum absolute atomic E-state index is 0.0289. The average Bonchev–Trinajstić information content (AvgIpc) is 3.26. The highest BCUT2D eigenvalue weighted by atomic mass is 32.2. The van der Waals surface area contributed by atoms with Crippen LogP contribution in [-0.4, -0.2) is 44.3 Å². The zero-order chi connectivity index (χ0) is 21.7. The third-order valence-electron chi connectivity index (χ3n) is 5.83. The van der Waals surface area contributed by atoms with Crippen molar-refractivity contribution in [3.63, 3.8) is 0 Å². The minimum Gasteiger partial charge on any atom is -0.454 e. The molecule has 2 aliphatic rings. The van der Waals surface area contributed by atoms with Crippen molar-refractivity contribution in [3.05, 3.63) is 59.7 Å². The number of piperidine rings is 1. The fourth-order valence-electron chi connectivity index (χ4n) is 4.01. The fraction of sp³-hybridized carbons (Fsp3) is 0.435. The highest BCUT2D eigenvalue weighted by molar-refractivity contribution is 7.89. The number of nitrogens with zero attached hydrogens (tertiary/aromatic N) is 1. The lowest BCUT2D eigenvalue weighted by Crippen LogP contribution is -2.43. The van der Waals surface area contributed by atoms with Crippen LogP contribution >= 0.6 is 0 Å². The molecule has 2 aromatic rings. The number of hydrogen-bond donors (Lipinski definition) is 1. The van der Waals surface area contributed by atoms with Crippen molar-refractivity contribution in [2.24, 2.45) is 5.92 Å². The van der Waals surface area contributed by atoms with E-state index < -0.39 is 10.0 Å². The molecule has 0 aromatic heterocycles. The van der Waals surface area contributed by atoms with E-state index in [0.29, 0.717) is 50.4 Å². The molecule has 2 aromatic carbocycles. The van der Waals surface area contributed by atoms with E-state index in [1.54, 1.807) is 4.31 Å². The maximum atomic E-state index is 12.7. The Kier molecular flexibility index (Phi) is 6.77. The number of ether oxygens (including phenoxy) is 2. The highest BCUT2D eigenvalue weighted by Gasteiger charge is 2.30. The summed E-state index contributed by atoms with van der Waals surface area (Å²) in [7, 11) is -3.29. The molecule has 4 rings (SSSR count). The van der Waals surface area contributed by atoms with Crippen molar-refractivity contribution >= 4 is 15.9 Å². The van der Waals surface area contributed by atoms with Gasteiger partial charge in [-0.3, -0.25) is 4.79 Å². The van der Waals surface area contributed by atoms with Gasteiger partial charge < -0.3 is 14.8 Å². The Balaban J connectivity index is 1.20. The summed E-state index contributed by atoms with van der Waals surface area (Å²) in [5.41, 5.74) is 2.09. The van der Waals surface area contributed by atoms with E-state index in [1.165, 1.54) is 0 Å². The van der Waals surface area contributed by atoms with Gasteiger partial charge in [-0.1, -0.05) is 36.4 Å². The first-order valence-electron chi connectivity index (χ1n) is 10.7. The summed E-state index contributed by atoms with van der Waals surface area (Å²) >= 11 is 0. The monoisotopic (exact) mass is 444 g/mol. The summed E-state index contributed by atoms with van der Waals surface area (Å²) in [4.78, 5) is 12.6. The highest BCUT2D eigenvalue weighted by Crippen LogP contribution is 2.32. The molecule has 1 fully saturated rings. The molecule has 0 atom stereocenters. The number of nitrogens with one attached hydrogen (secondary N) is 1. The first kappa shape index (κ1) is 21.6. The van der Waals surface area contributed by atoms with Gasteiger partial charge in [0, 0.05) is 25.6 Å². The van der Waals surface area contributed by atoms with Crippen molar-refractivity contribution in [1.82, 2.24) is 9.62 Å². The molecule has 0 radical (unpaired) electrons. The second-order valence-corrected chi connectivity index (χ2v) is 10.1. The molecule has 0 bridgehead atoms. The Hall–Kier alpha value is -2.58. The smallest absolute Gasteiger partial charge is 0.231 e. The number of amides is 1. The van der Waals surface area contributed by atoms with E-state index in [1.807, 2.05) is 48.5 Å². The molecule has 0 saturated carbocycles. The molecule has 8 heteroatoms. The SMILES string of the molecule is O=C(NCc1ccc2c(c1)OCO2)C1CCN(S(=O)(=O)CCCc2ccccc2)CC1. The van der Waals surface area contributed by atoms with Crippen molar-refractivity contribution in [1.29, 1.82) is 0 Å². The average molecular weight is 445 g/mol. The second kappa shape index (κ2) is 9.70. The van der Waals surface area contributed by atoms with Gasteiger partial charge in [0.15, 0.2) is 11.5 Å². The third-order valence-corrected chi connectivity index (χ3v) is 7.79. The number of carbonyl (C=O) groups excluding carboxylic acids is 1. The molecule has 2 heterocycles. The molecule has 2 aliphatic heterocycles. The summed E-state index contributed by atoms with van der Waals surface area (Å²) in [6.07, 6.45) is 2.44. The van der Waals surface area contributed by atoms with E-state index in [4.69, 9.17) is 9.47 Å². The van der Waals surface area contributed by atoms with Gasteiger partial charge in [0.1, 0.15) is 0 Å². The Labute approximate surface area is 183 Å². The fourth-order valence-corrected chi connectivity index (χ4v) is 5.55. The van der Waals surface area contributed by atoms with E-state index in [0.717, 1.165) is 17.5 Å². The molecule has 0 unspecified atom stereocenters. The summed E-state index contributed by atoms with van der Waals surface area (Å²) in [6, 6.07) is 15.5. The van der Waals surface area contributed by atoms with Crippen LogP contribution in [0.3, 0.4) is 0 Å². The van der Waals surface area contributed by atoms with Gasteiger partial charge >= 0.3 is 0 Å². The van der Waals surface area contributed by atoms with E-state index >= 15 is 0 Å². The summed E-state index contributed by atoms with van der Waals surface area (Å²) in [5, 5.41) is 2.96. The predicted molar refractivity (Wildman–Crippen MR) is 117 cm³/mol. The summed E-state index contributed by atoms with van der Waals surface area (Å²) < 4.78 is 37.5. The van der Waals surface area contributed by atoms with E-state index in [-0.39, 0.29) is 24.4 Å². The number of hydrogen-bond acceptors (Lipinski definition) is 5. The maximum Gasteiger partial charge on any atom is 0.231 e. The quantitative estimate of drug-likeness (QED) is 0.677. The number of benzene rings is 2. The molecular weight excluding hydrogens is 416 g/mol. The van der Waals surface area contributed by atoms with Crippen LogP contribution in [0.1, 0.15) is 30.4 Å². The molecule has 0 aliphatic carbocycles. The first-order chi connectivity index (χ1) is 15.0. The molecule has 31 heavy (non-hydrogen) atoms. The molecular formula is C23H28N2O5S. The van der Waals surface area contributed by atoms with Crippen LogP contribution in [0.2, 0.25) is 0 Å². The molecule has 1 amide bonds. The predicted octanol–water partition coefficient (Wildman–Crippen LogP) is 2.71. The number of fused-ring (bicyclic) bond motifs is 1. The molecule has 166 valence electrons.